The van der Waals surface area contributed by atoms with Crippen molar-refractivity contribution in [3.63, 3.8) is 0 Å². The molecule has 0 aliphatic rings. The SMILES string of the molecule is CC(C)(C)c1cc(C(=O)Oc2ccccc2C(=O)O)c(O)c(C(C)(C)C)c1. The quantitative estimate of drug-likeness (QED) is 0.593. The maximum absolute atomic E-state index is 12.8. The molecule has 5 heteroatoms. The van der Waals surface area contributed by atoms with Gasteiger partial charge in [0.05, 0.1) is 0 Å². The van der Waals surface area contributed by atoms with E-state index in [1.165, 1.54) is 12.1 Å². The fraction of sp³-hybridized carbons (Fsp3) is 0.364. The second-order valence-electron chi connectivity index (χ2n) is 8.61. The third-order valence-corrected chi connectivity index (χ3v) is 4.32. The molecule has 144 valence electrons. The van der Waals surface area contributed by atoms with Gasteiger partial charge in [0.25, 0.3) is 0 Å². The van der Waals surface area contributed by atoms with Gasteiger partial charge < -0.3 is 14.9 Å². The van der Waals surface area contributed by atoms with E-state index >= 15 is 0 Å². The lowest BCUT2D eigenvalue weighted by atomic mass is 9.79. The normalized spacial score (nSPS) is 11.9. The molecule has 0 aliphatic heterocycles. The highest BCUT2D eigenvalue weighted by Gasteiger charge is 2.28. The lowest BCUT2D eigenvalue weighted by Crippen LogP contribution is -2.20. The molecule has 0 saturated heterocycles. The first-order chi connectivity index (χ1) is 12.3. The average Bonchev–Trinajstić information content (AvgIpc) is 2.52. The lowest BCUT2D eigenvalue weighted by molar-refractivity contribution is 0.0681. The summed E-state index contributed by atoms with van der Waals surface area (Å²) in [6, 6.07) is 9.42. The molecule has 5 nitrogen and oxygen atoms in total. The summed E-state index contributed by atoms with van der Waals surface area (Å²) in [5.41, 5.74) is 0.777. The number of hydrogen-bond donors (Lipinski definition) is 2. The Morgan fingerprint density at radius 3 is 2.00 bits per heavy atom. The number of ether oxygens (including phenoxy) is 1. The predicted octanol–water partition coefficient (Wildman–Crippen LogP) is 4.90. The zero-order valence-electron chi connectivity index (χ0n) is 16.6. The summed E-state index contributed by atoms with van der Waals surface area (Å²) in [5, 5.41) is 20.0. The Balaban J connectivity index is 2.58. The summed E-state index contributed by atoms with van der Waals surface area (Å²) in [5.74, 6) is -2.19. The maximum Gasteiger partial charge on any atom is 0.347 e. The van der Waals surface area contributed by atoms with Gasteiger partial charge in [-0.1, -0.05) is 59.7 Å². The molecule has 0 amide bonds. The van der Waals surface area contributed by atoms with Crippen LogP contribution in [0.15, 0.2) is 36.4 Å². The lowest BCUT2D eigenvalue weighted by Gasteiger charge is -2.27. The molecule has 0 aliphatic carbocycles. The van der Waals surface area contributed by atoms with Crippen LogP contribution in [-0.4, -0.2) is 22.2 Å². The highest BCUT2D eigenvalue weighted by molar-refractivity contribution is 5.97. The number of esters is 1. The van der Waals surface area contributed by atoms with Gasteiger partial charge in [-0.3, -0.25) is 0 Å². The summed E-state index contributed by atoms with van der Waals surface area (Å²) in [7, 11) is 0. The zero-order chi connectivity index (χ0) is 20.6. The molecule has 2 aromatic rings. The Hall–Kier alpha value is -2.82. The van der Waals surface area contributed by atoms with Crippen LogP contribution in [0.1, 0.15) is 73.4 Å². The molecule has 0 spiro atoms. The van der Waals surface area contributed by atoms with Gasteiger partial charge in [-0.2, -0.15) is 0 Å². The van der Waals surface area contributed by atoms with Crippen LogP contribution in [0.25, 0.3) is 0 Å². The fourth-order valence-corrected chi connectivity index (χ4v) is 2.68. The van der Waals surface area contributed by atoms with Gasteiger partial charge >= 0.3 is 11.9 Å². The van der Waals surface area contributed by atoms with Crippen LogP contribution in [-0.2, 0) is 10.8 Å². The number of aromatic carboxylic acids is 1. The molecule has 0 aromatic heterocycles. The Labute approximate surface area is 159 Å². The van der Waals surface area contributed by atoms with Gasteiger partial charge in [0.1, 0.15) is 22.6 Å². The zero-order valence-corrected chi connectivity index (χ0v) is 16.6. The third-order valence-electron chi connectivity index (χ3n) is 4.32. The first-order valence-electron chi connectivity index (χ1n) is 8.75. The number of benzene rings is 2. The summed E-state index contributed by atoms with van der Waals surface area (Å²) in [4.78, 5) is 24.1. The van der Waals surface area contributed by atoms with E-state index in [0.717, 1.165) is 5.56 Å². The van der Waals surface area contributed by atoms with Gasteiger partial charge in [-0.05, 0) is 34.6 Å². The monoisotopic (exact) mass is 370 g/mol. The van der Waals surface area contributed by atoms with Crippen molar-refractivity contribution in [3.05, 3.63) is 58.7 Å². The minimum absolute atomic E-state index is 0.0209. The predicted molar refractivity (Wildman–Crippen MR) is 104 cm³/mol. The summed E-state index contributed by atoms with van der Waals surface area (Å²) >= 11 is 0. The van der Waals surface area contributed by atoms with Crippen molar-refractivity contribution in [3.8, 4) is 11.5 Å². The van der Waals surface area contributed by atoms with Crippen LogP contribution in [0.3, 0.4) is 0 Å². The Kier molecular flexibility index (Phi) is 5.36. The molecule has 0 atom stereocenters. The second-order valence-corrected chi connectivity index (χ2v) is 8.61. The number of phenols is 1. The molecule has 0 bridgehead atoms. The minimum Gasteiger partial charge on any atom is -0.507 e. The topological polar surface area (TPSA) is 83.8 Å². The molecule has 0 radical (unpaired) electrons. The molecule has 27 heavy (non-hydrogen) atoms. The number of carboxylic acids is 1. The largest absolute Gasteiger partial charge is 0.507 e. The van der Waals surface area contributed by atoms with Crippen molar-refractivity contribution in [1.29, 1.82) is 0 Å². The van der Waals surface area contributed by atoms with Crippen molar-refractivity contribution in [2.45, 2.75) is 52.4 Å². The molecular weight excluding hydrogens is 344 g/mol. The maximum atomic E-state index is 12.8. The number of para-hydroxylation sites is 1. The van der Waals surface area contributed by atoms with Gasteiger partial charge in [0, 0.05) is 5.56 Å². The third kappa shape index (κ3) is 4.48. The number of phenolic OH excluding ortho intramolecular Hbond substituents is 1. The molecule has 2 aromatic carbocycles. The summed E-state index contributed by atoms with van der Waals surface area (Å²) in [6.07, 6.45) is 0. The Morgan fingerprint density at radius 1 is 0.889 bits per heavy atom. The second kappa shape index (κ2) is 7.06. The van der Waals surface area contributed by atoms with E-state index in [0.29, 0.717) is 5.56 Å². The minimum atomic E-state index is -1.19. The van der Waals surface area contributed by atoms with E-state index in [2.05, 4.69) is 0 Å². The van der Waals surface area contributed by atoms with Gasteiger partial charge in [-0.15, -0.1) is 0 Å². The van der Waals surface area contributed by atoms with Crippen molar-refractivity contribution < 1.29 is 24.5 Å². The summed E-state index contributed by atoms with van der Waals surface area (Å²) < 4.78 is 5.33. The fourth-order valence-electron chi connectivity index (χ4n) is 2.68. The van der Waals surface area contributed by atoms with Crippen LogP contribution in [0, 0.1) is 0 Å². The number of aromatic hydroxyl groups is 1. The first kappa shape index (κ1) is 20.5. The van der Waals surface area contributed by atoms with E-state index in [1.54, 1.807) is 18.2 Å². The van der Waals surface area contributed by atoms with E-state index in [-0.39, 0.29) is 33.5 Å². The first-order valence-corrected chi connectivity index (χ1v) is 8.75. The summed E-state index contributed by atoms with van der Waals surface area (Å²) in [6.45, 7) is 11.9. The number of carboxylic acid groups (broad SMARTS) is 1. The smallest absolute Gasteiger partial charge is 0.347 e. The van der Waals surface area contributed by atoms with Gasteiger partial charge in [-0.25, -0.2) is 9.59 Å². The molecule has 0 fully saturated rings. The number of carbonyl (C=O) groups excluding carboxylic acids is 1. The van der Waals surface area contributed by atoms with Gasteiger partial charge in [0.15, 0.2) is 0 Å². The Bertz CT molecular complexity index is 883. The highest BCUT2D eigenvalue weighted by atomic mass is 16.5. The molecule has 0 saturated carbocycles. The molecule has 2 N–H and O–H groups in total. The van der Waals surface area contributed by atoms with Crippen molar-refractivity contribution in [1.82, 2.24) is 0 Å². The van der Waals surface area contributed by atoms with E-state index in [1.807, 2.05) is 47.6 Å². The molecule has 2 rings (SSSR count). The van der Waals surface area contributed by atoms with E-state index < -0.39 is 11.9 Å². The number of rotatable bonds is 3. The highest BCUT2D eigenvalue weighted by Crippen LogP contribution is 2.38. The molecule has 0 unspecified atom stereocenters. The Morgan fingerprint density at radius 2 is 1.48 bits per heavy atom. The van der Waals surface area contributed by atoms with Crippen LogP contribution in [0.4, 0.5) is 0 Å². The van der Waals surface area contributed by atoms with E-state index in [9.17, 15) is 19.8 Å². The average molecular weight is 370 g/mol. The molecular formula is C22H26O5. The van der Waals surface area contributed by atoms with Crippen molar-refractivity contribution in [2.24, 2.45) is 0 Å². The van der Waals surface area contributed by atoms with Crippen molar-refractivity contribution >= 4 is 11.9 Å². The number of carbonyl (C=O) groups is 2. The standard InChI is InChI=1S/C22H26O5/c1-21(2,3)13-11-15(18(23)16(12-13)22(4,5)6)20(26)27-17-10-8-7-9-14(17)19(24)25/h7-12,23H,1-6H3,(H,24,25). The van der Waals surface area contributed by atoms with Crippen LogP contribution >= 0.6 is 0 Å². The number of hydrogen-bond acceptors (Lipinski definition) is 4. The van der Waals surface area contributed by atoms with Crippen LogP contribution in [0.2, 0.25) is 0 Å². The van der Waals surface area contributed by atoms with Crippen LogP contribution < -0.4 is 4.74 Å². The van der Waals surface area contributed by atoms with E-state index in [4.69, 9.17) is 4.74 Å². The van der Waals surface area contributed by atoms with Crippen LogP contribution in [0.5, 0.6) is 11.5 Å². The van der Waals surface area contributed by atoms with Crippen molar-refractivity contribution in [2.75, 3.05) is 0 Å². The molecule has 0 heterocycles. The van der Waals surface area contributed by atoms with Gasteiger partial charge in [0.2, 0.25) is 0 Å².